The highest BCUT2D eigenvalue weighted by atomic mass is 79.9. The summed E-state index contributed by atoms with van der Waals surface area (Å²) in [6, 6.07) is 6.80. The molecule has 0 radical (unpaired) electrons. The van der Waals surface area contributed by atoms with Crippen molar-refractivity contribution in [1.82, 2.24) is 9.62 Å². The molecule has 1 fully saturated rings. The van der Waals surface area contributed by atoms with Crippen LogP contribution < -0.4 is 5.32 Å². The average Bonchev–Trinajstić information content (AvgIpc) is 2.79. The van der Waals surface area contributed by atoms with E-state index < -0.39 is 10.0 Å². The largest absolute Gasteiger partial charge is 0.319 e. The Hall–Kier alpha value is -0.430. The summed E-state index contributed by atoms with van der Waals surface area (Å²) in [7, 11) is -1.43. The molecule has 0 saturated carbocycles. The standard InChI is InChI=1S/C12H17BrN2O2S/c1-14-8-10-6-7-15(9-10)18(16,17)12-4-2-11(13)3-5-12/h2-5,10,14H,6-9H2,1H3/t10-/m1/s1. The van der Waals surface area contributed by atoms with E-state index in [4.69, 9.17) is 0 Å². The summed E-state index contributed by atoms with van der Waals surface area (Å²) in [5.74, 6) is 0.417. The van der Waals surface area contributed by atoms with E-state index in [1.807, 2.05) is 7.05 Å². The quantitative estimate of drug-likeness (QED) is 0.912. The van der Waals surface area contributed by atoms with E-state index in [0.29, 0.717) is 23.9 Å². The average molecular weight is 333 g/mol. The lowest BCUT2D eigenvalue weighted by Gasteiger charge is -2.16. The first kappa shape index (κ1) is 14.0. The second-order valence-electron chi connectivity index (χ2n) is 4.53. The molecule has 1 aromatic carbocycles. The third-order valence-electron chi connectivity index (χ3n) is 3.19. The van der Waals surface area contributed by atoms with Gasteiger partial charge < -0.3 is 5.32 Å². The molecule has 0 aromatic heterocycles. The Morgan fingerprint density at radius 3 is 2.67 bits per heavy atom. The van der Waals surface area contributed by atoms with Gasteiger partial charge in [0.1, 0.15) is 0 Å². The van der Waals surface area contributed by atoms with Crippen LogP contribution in [0.1, 0.15) is 6.42 Å². The highest BCUT2D eigenvalue weighted by molar-refractivity contribution is 9.10. The molecule has 0 unspecified atom stereocenters. The lowest BCUT2D eigenvalue weighted by molar-refractivity contribution is 0.451. The molecule has 0 bridgehead atoms. The molecule has 18 heavy (non-hydrogen) atoms. The first-order valence-electron chi connectivity index (χ1n) is 5.94. The van der Waals surface area contributed by atoms with Gasteiger partial charge in [-0.1, -0.05) is 15.9 Å². The van der Waals surface area contributed by atoms with Crippen molar-refractivity contribution in [2.24, 2.45) is 5.92 Å². The number of benzene rings is 1. The SMILES string of the molecule is CNC[C@H]1CCN(S(=O)(=O)c2ccc(Br)cc2)C1. The first-order valence-corrected chi connectivity index (χ1v) is 8.17. The Morgan fingerprint density at radius 1 is 1.39 bits per heavy atom. The zero-order valence-electron chi connectivity index (χ0n) is 10.3. The summed E-state index contributed by atoms with van der Waals surface area (Å²) in [5, 5.41) is 3.10. The van der Waals surface area contributed by atoms with Crippen LogP contribution in [-0.2, 0) is 10.0 Å². The summed E-state index contributed by atoms with van der Waals surface area (Å²) < 4.78 is 27.2. The maximum atomic E-state index is 12.4. The van der Waals surface area contributed by atoms with Crippen molar-refractivity contribution >= 4 is 26.0 Å². The zero-order valence-corrected chi connectivity index (χ0v) is 12.7. The Kier molecular flexibility index (Phi) is 4.42. The molecule has 2 rings (SSSR count). The minimum Gasteiger partial charge on any atom is -0.319 e. The van der Waals surface area contributed by atoms with Crippen molar-refractivity contribution in [2.45, 2.75) is 11.3 Å². The fourth-order valence-corrected chi connectivity index (χ4v) is 4.02. The summed E-state index contributed by atoms with van der Waals surface area (Å²) in [4.78, 5) is 0.371. The summed E-state index contributed by atoms with van der Waals surface area (Å²) in [6.45, 7) is 2.09. The van der Waals surface area contributed by atoms with Gasteiger partial charge in [-0.15, -0.1) is 0 Å². The maximum absolute atomic E-state index is 12.4. The number of nitrogens with zero attached hydrogens (tertiary/aromatic N) is 1. The number of halogens is 1. The second kappa shape index (κ2) is 5.69. The van der Waals surface area contributed by atoms with Gasteiger partial charge in [0.2, 0.25) is 10.0 Å². The van der Waals surface area contributed by atoms with Crippen LogP contribution in [0.3, 0.4) is 0 Å². The monoisotopic (exact) mass is 332 g/mol. The molecule has 1 aromatic rings. The number of hydrogen-bond donors (Lipinski definition) is 1. The number of sulfonamides is 1. The van der Waals surface area contributed by atoms with Crippen LogP contribution >= 0.6 is 15.9 Å². The van der Waals surface area contributed by atoms with E-state index in [1.165, 1.54) is 0 Å². The van der Waals surface area contributed by atoms with Gasteiger partial charge in [0.15, 0.2) is 0 Å². The fraction of sp³-hybridized carbons (Fsp3) is 0.500. The minimum absolute atomic E-state index is 0.371. The Morgan fingerprint density at radius 2 is 2.06 bits per heavy atom. The first-order chi connectivity index (χ1) is 8.54. The predicted molar refractivity (Wildman–Crippen MR) is 74.9 cm³/mol. The van der Waals surface area contributed by atoms with Crippen LogP contribution in [0.15, 0.2) is 33.6 Å². The third kappa shape index (κ3) is 2.93. The van der Waals surface area contributed by atoms with Gasteiger partial charge in [-0.25, -0.2) is 8.42 Å². The van der Waals surface area contributed by atoms with Crippen LogP contribution in [0.2, 0.25) is 0 Å². The molecule has 0 amide bonds. The van der Waals surface area contributed by atoms with Crippen LogP contribution in [0.25, 0.3) is 0 Å². The molecular formula is C12H17BrN2O2S. The van der Waals surface area contributed by atoms with Gasteiger partial charge in [-0.05, 0) is 50.2 Å². The molecule has 1 aliphatic rings. The van der Waals surface area contributed by atoms with E-state index in [1.54, 1.807) is 28.6 Å². The molecule has 0 spiro atoms. The number of nitrogens with one attached hydrogen (secondary N) is 1. The topological polar surface area (TPSA) is 49.4 Å². The van der Waals surface area contributed by atoms with E-state index >= 15 is 0 Å². The van der Waals surface area contributed by atoms with Crippen LogP contribution in [0, 0.1) is 5.92 Å². The van der Waals surface area contributed by atoms with E-state index in [-0.39, 0.29) is 0 Å². The van der Waals surface area contributed by atoms with Crippen molar-refractivity contribution < 1.29 is 8.42 Å². The van der Waals surface area contributed by atoms with E-state index in [2.05, 4.69) is 21.2 Å². The van der Waals surface area contributed by atoms with Crippen molar-refractivity contribution in [1.29, 1.82) is 0 Å². The highest BCUT2D eigenvalue weighted by Gasteiger charge is 2.31. The molecule has 1 saturated heterocycles. The van der Waals surface area contributed by atoms with Gasteiger partial charge in [0, 0.05) is 17.6 Å². The van der Waals surface area contributed by atoms with Gasteiger partial charge >= 0.3 is 0 Å². The molecule has 0 aliphatic carbocycles. The second-order valence-corrected chi connectivity index (χ2v) is 7.38. The van der Waals surface area contributed by atoms with E-state index in [9.17, 15) is 8.42 Å². The van der Waals surface area contributed by atoms with E-state index in [0.717, 1.165) is 17.4 Å². The Labute approximate surface area is 117 Å². The van der Waals surface area contributed by atoms with Gasteiger partial charge in [-0.2, -0.15) is 4.31 Å². The van der Waals surface area contributed by atoms with Crippen molar-refractivity contribution in [2.75, 3.05) is 26.7 Å². The zero-order chi connectivity index (χ0) is 13.2. The minimum atomic E-state index is -3.32. The highest BCUT2D eigenvalue weighted by Crippen LogP contribution is 2.24. The summed E-state index contributed by atoms with van der Waals surface area (Å²) in [6.07, 6.45) is 0.927. The van der Waals surface area contributed by atoms with Gasteiger partial charge in [-0.3, -0.25) is 0 Å². The van der Waals surface area contributed by atoms with Crippen molar-refractivity contribution in [3.8, 4) is 0 Å². The molecule has 4 nitrogen and oxygen atoms in total. The smallest absolute Gasteiger partial charge is 0.243 e. The number of rotatable bonds is 4. The molecule has 100 valence electrons. The van der Waals surface area contributed by atoms with Crippen molar-refractivity contribution in [3.63, 3.8) is 0 Å². The van der Waals surface area contributed by atoms with Crippen LogP contribution in [0.4, 0.5) is 0 Å². The molecule has 1 aliphatic heterocycles. The van der Waals surface area contributed by atoms with Gasteiger partial charge in [0.05, 0.1) is 4.90 Å². The summed E-state index contributed by atoms with van der Waals surface area (Å²) in [5.41, 5.74) is 0. The predicted octanol–water partition coefficient (Wildman–Crippen LogP) is 1.68. The normalized spacial score (nSPS) is 21.3. The lowest BCUT2D eigenvalue weighted by Crippen LogP contribution is -2.30. The molecule has 1 heterocycles. The molecule has 6 heteroatoms. The van der Waals surface area contributed by atoms with Crippen LogP contribution in [0.5, 0.6) is 0 Å². The lowest BCUT2D eigenvalue weighted by atomic mass is 10.1. The molecule has 1 N–H and O–H groups in total. The third-order valence-corrected chi connectivity index (χ3v) is 5.60. The van der Waals surface area contributed by atoms with Crippen molar-refractivity contribution in [3.05, 3.63) is 28.7 Å². The maximum Gasteiger partial charge on any atom is 0.243 e. The molecule has 1 atom stereocenters. The molecular weight excluding hydrogens is 316 g/mol. The fourth-order valence-electron chi connectivity index (χ4n) is 2.23. The number of hydrogen-bond acceptors (Lipinski definition) is 3. The Bertz CT molecular complexity index is 501. The summed E-state index contributed by atoms with van der Waals surface area (Å²) >= 11 is 3.31. The Balaban J connectivity index is 2.15. The van der Waals surface area contributed by atoms with Gasteiger partial charge in [0.25, 0.3) is 0 Å². The van der Waals surface area contributed by atoms with Crippen LogP contribution in [-0.4, -0.2) is 39.4 Å².